The molecule has 0 aliphatic carbocycles. The van der Waals surface area contributed by atoms with E-state index in [1.807, 2.05) is 0 Å². The Hall–Kier alpha value is -1.86. The van der Waals surface area contributed by atoms with E-state index in [1.54, 1.807) is 27.8 Å². The van der Waals surface area contributed by atoms with Crippen molar-refractivity contribution in [3.05, 3.63) is 6.33 Å². The van der Waals surface area contributed by atoms with Crippen LogP contribution >= 0.6 is 7.60 Å². The summed E-state index contributed by atoms with van der Waals surface area (Å²) in [5.41, 5.74) is 5.26. The van der Waals surface area contributed by atoms with Gasteiger partial charge in [0.25, 0.3) is 0 Å². The van der Waals surface area contributed by atoms with Crippen LogP contribution in [0.2, 0.25) is 0 Å². The Morgan fingerprint density at radius 3 is 2.52 bits per heavy atom. The second-order valence-electron chi connectivity index (χ2n) is 8.74. The maximum atomic E-state index is 12.7. The second kappa shape index (κ2) is 9.06. The minimum Gasteiger partial charge on any atom is -0.388 e. The molecule has 1 aliphatic heterocycles. The molecule has 3 rings (SSSR count). The molecule has 2 aromatic heterocycles. The SMILES string of the molecule is CCC(C)(C[C@H]1O[C@@H](n2cnc3c(NC)nc(N)nc32)[C@H](O)[C@@H]1O)OP(=O)(O)[C@@](C)(O)CC. The van der Waals surface area contributed by atoms with E-state index in [9.17, 15) is 24.8 Å². The number of nitrogen functional groups attached to an aromatic ring is 1. The smallest absolute Gasteiger partial charge is 0.359 e. The lowest BCUT2D eigenvalue weighted by Gasteiger charge is -2.37. The summed E-state index contributed by atoms with van der Waals surface area (Å²) in [5.74, 6) is 0.390. The number of nitrogens with one attached hydrogen (secondary N) is 1. The maximum Gasteiger partial charge on any atom is 0.359 e. The topological polar surface area (TPSA) is 198 Å². The van der Waals surface area contributed by atoms with Crippen LogP contribution in [-0.4, -0.2) is 76.0 Å². The molecule has 1 fully saturated rings. The number of anilines is 2. The van der Waals surface area contributed by atoms with Crippen molar-refractivity contribution in [2.45, 2.75) is 82.4 Å². The summed E-state index contributed by atoms with van der Waals surface area (Å²) in [5, 5.41) is 32.7. The summed E-state index contributed by atoms with van der Waals surface area (Å²) < 4.78 is 25.7. The molecule has 0 saturated carbocycles. The number of nitrogens with zero attached hydrogens (tertiary/aromatic N) is 4. The third-order valence-corrected chi connectivity index (χ3v) is 8.51. The van der Waals surface area contributed by atoms with E-state index in [4.69, 9.17) is 15.0 Å². The Labute approximate surface area is 191 Å². The lowest BCUT2D eigenvalue weighted by atomic mass is 9.93. The largest absolute Gasteiger partial charge is 0.388 e. The number of fused-ring (bicyclic) bond motifs is 1. The molecule has 33 heavy (non-hydrogen) atoms. The molecule has 2 unspecified atom stereocenters. The average Bonchev–Trinajstić information content (AvgIpc) is 3.28. The Bertz CT molecular complexity index is 1050. The molecular weight excluding hydrogens is 455 g/mol. The van der Waals surface area contributed by atoms with Gasteiger partial charge in [0, 0.05) is 13.5 Å². The third kappa shape index (κ3) is 4.72. The minimum absolute atomic E-state index is 0.00758. The van der Waals surface area contributed by atoms with E-state index in [2.05, 4.69) is 20.3 Å². The Morgan fingerprint density at radius 2 is 1.94 bits per heavy atom. The predicted molar refractivity (Wildman–Crippen MR) is 120 cm³/mol. The fourth-order valence-corrected chi connectivity index (χ4v) is 5.09. The number of hydrogen-bond acceptors (Lipinski definition) is 11. The highest BCUT2D eigenvalue weighted by Crippen LogP contribution is 2.59. The van der Waals surface area contributed by atoms with Crippen molar-refractivity contribution in [1.29, 1.82) is 0 Å². The molecule has 13 nitrogen and oxygen atoms in total. The third-order valence-electron chi connectivity index (χ3n) is 6.29. The number of imidazole rings is 1. The van der Waals surface area contributed by atoms with Crippen molar-refractivity contribution in [1.82, 2.24) is 19.5 Å². The quantitative estimate of drug-likeness (QED) is 0.274. The predicted octanol–water partition coefficient (Wildman–Crippen LogP) is 0.949. The number of aliphatic hydroxyl groups is 3. The van der Waals surface area contributed by atoms with Gasteiger partial charge in [-0.15, -0.1) is 0 Å². The summed E-state index contributed by atoms with van der Waals surface area (Å²) in [6, 6.07) is 0. The van der Waals surface area contributed by atoms with Crippen LogP contribution in [0.4, 0.5) is 11.8 Å². The van der Waals surface area contributed by atoms with Crippen LogP contribution in [0.15, 0.2) is 6.33 Å². The van der Waals surface area contributed by atoms with Gasteiger partial charge in [-0.2, -0.15) is 9.97 Å². The fourth-order valence-electron chi connectivity index (χ4n) is 3.69. The monoisotopic (exact) mass is 488 g/mol. The van der Waals surface area contributed by atoms with Gasteiger partial charge in [0.2, 0.25) is 5.95 Å². The maximum absolute atomic E-state index is 12.7. The van der Waals surface area contributed by atoms with Gasteiger partial charge in [0.1, 0.15) is 12.2 Å². The first-order valence-corrected chi connectivity index (χ1v) is 12.3. The molecule has 0 radical (unpaired) electrons. The minimum atomic E-state index is -4.43. The Kier molecular flexibility index (Phi) is 7.07. The van der Waals surface area contributed by atoms with Gasteiger partial charge < -0.3 is 40.5 Å². The van der Waals surface area contributed by atoms with Gasteiger partial charge in [-0.05, 0) is 26.7 Å². The molecule has 0 bridgehead atoms. The van der Waals surface area contributed by atoms with Crippen LogP contribution in [0.5, 0.6) is 0 Å². The van der Waals surface area contributed by atoms with Crippen molar-refractivity contribution in [2.24, 2.45) is 0 Å². The van der Waals surface area contributed by atoms with Crippen LogP contribution < -0.4 is 11.1 Å². The summed E-state index contributed by atoms with van der Waals surface area (Å²) in [4.78, 5) is 22.9. The summed E-state index contributed by atoms with van der Waals surface area (Å²) in [7, 11) is -2.78. The molecule has 2 aromatic rings. The number of aromatic nitrogens is 4. The van der Waals surface area contributed by atoms with E-state index < -0.39 is 43.1 Å². The molecule has 0 spiro atoms. The standard InChI is InChI=1S/C19H33N6O7P/c1-6-18(3,32-33(29,30)19(4,28)7-2)8-10-12(26)13(27)16(31-10)25-9-22-11-14(21-5)23-17(20)24-15(11)25/h9-10,12-13,16,26-28H,6-8H2,1-5H3,(H,29,30)(H3,20,21,23,24)/t10-,12-,13-,16-,18?,19-/m1/s1. The van der Waals surface area contributed by atoms with Gasteiger partial charge in [0.15, 0.2) is 28.6 Å². The lowest BCUT2D eigenvalue weighted by Crippen LogP contribution is -2.40. The van der Waals surface area contributed by atoms with Gasteiger partial charge in [-0.25, -0.2) is 4.98 Å². The first-order valence-electron chi connectivity index (χ1n) is 10.7. The zero-order chi connectivity index (χ0) is 24.8. The van der Waals surface area contributed by atoms with Crippen LogP contribution in [0.25, 0.3) is 11.2 Å². The Morgan fingerprint density at radius 1 is 1.27 bits per heavy atom. The molecule has 7 N–H and O–H groups in total. The normalized spacial score (nSPS) is 28.9. The molecule has 0 aromatic carbocycles. The van der Waals surface area contributed by atoms with Crippen molar-refractivity contribution >= 4 is 30.5 Å². The van der Waals surface area contributed by atoms with Crippen molar-refractivity contribution in [3.63, 3.8) is 0 Å². The Balaban J connectivity index is 1.87. The van der Waals surface area contributed by atoms with Crippen molar-refractivity contribution in [2.75, 3.05) is 18.1 Å². The van der Waals surface area contributed by atoms with E-state index in [-0.39, 0.29) is 25.2 Å². The highest BCUT2D eigenvalue weighted by Gasteiger charge is 2.50. The summed E-state index contributed by atoms with van der Waals surface area (Å²) >= 11 is 0. The average molecular weight is 488 g/mol. The highest BCUT2D eigenvalue weighted by atomic mass is 31.2. The van der Waals surface area contributed by atoms with Gasteiger partial charge in [-0.1, -0.05) is 13.8 Å². The molecule has 1 saturated heterocycles. The van der Waals surface area contributed by atoms with Crippen molar-refractivity contribution < 1.29 is 34.0 Å². The van der Waals surface area contributed by atoms with Crippen molar-refractivity contribution in [3.8, 4) is 0 Å². The van der Waals surface area contributed by atoms with Gasteiger partial charge in [0.05, 0.1) is 18.0 Å². The lowest BCUT2D eigenvalue weighted by molar-refractivity contribution is -0.0689. The highest BCUT2D eigenvalue weighted by molar-refractivity contribution is 7.54. The van der Waals surface area contributed by atoms with Gasteiger partial charge >= 0.3 is 7.60 Å². The van der Waals surface area contributed by atoms with E-state index in [1.165, 1.54) is 17.8 Å². The van der Waals surface area contributed by atoms with Crippen LogP contribution in [0.1, 0.15) is 53.2 Å². The number of aliphatic hydroxyl groups excluding tert-OH is 2. The number of hydrogen-bond donors (Lipinski definition) is 6. The van der Waals surface area contributed by atoms with Crippen LogP contribution in [0.3, 0.4) is 0 Å². The number of rotatable bonds is 9. The first kappa shape index (κ1) is 25.8. The zero-order valence-electron chi connectivity index (χ0n) is 19.3. The van der Waals surface area contributed by atoms with Crippen LogP contribution in [-0.2, 0) is 13.8 Å². The molecule has 3 heterocycles. The molecular formula is C19H33N6O7P. The summed E-state index contributed by atoms with van der Waals surface area (Å²) in [6.07, 6.45) is -2.98. The first-order chi connectivity index (χ1) is 15.3. The molecule has 1 aliphatic rings. The second-order valence-corrected chi connectivity index (χ2v) is 10.9. The van der Waals surface area contributed by atoms with E-state index in [0.29, 0.717) is 17.0 Å². The van der Waals surface area contributed by atoms with E-state index >= 15 is 0 Å². The molecule has 7 atom stereocenters. The molecule has 0 amide bonds. The number of ether oxygens (including phenoxy) is 1. The molecule has 14 heteroatoms. The fraction of sp³-hybridized carbons (Fsp3) is 0.737. The summed E-state index contributed by atoms with van der Waals surface area (Å²) in [6.45, 7) is 6.16. The molecule has 186 valence electrons. The number of nitrogens with two attached hydrogens (primary N) is 1. The van der Waals surface area contributed by atoms with Crippen LogP contribution in [0, 0.1) is 0 Å². The van der Waals surface area contributed by atoms with E-state index in [0.717, 1.165) is 0 Å². The zero-order valence-corrected chi connectivity index (χ0v) is 20.2. The van der Waals surface area contributed by atoms with Gasteiger partial charge in [-0.3, -0.25) is 9.13 Å².